The van der Waals surface area contributed by atoms with Crippen LogP contribution in [0.25, 0.3) is 0 Å². The molecular formula is C26H32ClF3N6OS. The maximum Gasteiger partial charge on any atom is 0.416 e. The average molecular weight is 569 g/mol. The fourth-order valence-corrected chi connectivity index (χ4v) is 6.38. The Morgan fingerprint density at radius 3 is 2.50 bits per heavy atom. The first kappa shape index (κ1) is 27.5. The Bertz CT molecular complexity index is 1130. The molecule has 12 heteroatoms. The summed E-state index contributed by atoms with van der Waals surface area (Å²) in [5.74, 6) is 0.260. The average Bonchev–Trinajstić information content (AvgIpc) is 3.30. The van der Waals surface area contributed by atoms with Crippen LogP contribution in [0.4, 0.5) is 24.7 Å². The Morgan fingerprint density at radius 2 is 1.82 bits per heavy atom. The van der Waals surface area contributed by atoms with Gasteiger partial charge in [0.25, 0.3) is 0 Å². The van der Waals surface area contributed by atoms with Gasteiger partial charge in [-0.25, -0.2) is 9.29 Å². The van der Waals surface area contributed by atoms with Gasteiger partial charge in [0.2, 0.25) is 0 Å². The van der Waals surface area contributed by atoms with Gasteiger partial charge >= 0.3 is 6.18 Å². The molecule has 0 aliphatic carbocycles. The molecule has 0 saturated carbocycles. The number of hydrogen-bond donors (Lipinski definition) is 2. The molecular weight excluding hydrogens is 537 g/mol. The molecule has 3 aliphatic rings. The third-order valence-corrected chi connectivity index (χ3v) is 8.62. The van der Waals surface area contributed by atoms with E-state index in [0.717, 1.165) is 61.0 Å². The number of hydrogen-bond acceptors (Lipinski definition) is 8. The van der Waals surface area contributed by atoms with Crippen molar-refractivity contribution in [3.8, 4) is 0 Å². The largest absolute Gasteiger partial charge is 0.416 e. The summed E-state index contributed by atoms with van der Waals surface area (Å²) < 4.78 is 41.7. The first-order chi connectivity index (χ1) is 18.2. The quantitative estimate of drug-likeness (QED) is 0.401. The minimum absolute atomic E-state index is 0.128. The number of benzene rings is 1. The number of rotatable bonds is 6. The van der Waals surface area contributed by atoms with Gasteiger partial charge in [0.1, 0.15) is 11.0 Å². The lowest BCUT2D eigenvalue weighted by molar-refractivity contribution is -0.137. The molecule has 0 bridgehead atoms. The van der Waals surface area contributed by atoms with Crippen molar-refractivity contribution in [2.45, 2.75) is 29.6 Å². The highest BCUT2D eigenvalue weighted by molar-refractivity contribution is 7.97. The predicted molar refractivity (Wildman–Crippen MR) is 146 cm³/mol. The Morgan fingerprint density at radius 1 is 1.08 bits per heavy atom. The highest BCUT2D eigenvalue weighted by atomic mass is 35.5. The summed E-state index contributed by atoms with van der Waals surface area (Å²) in [6.45, 7) is 10.6. The van der Waals surface area contributed by atoms with Gasteiger partial charge in [-0.1, -0.05) is 18.2 Å². The van der Waals surface area contributed by atoms with Crippen LogP contribution in [-0.2, 0) is 6.18 Å². The number of aliphatic hydroxyl groups excluding tert-OH is 1. The maximum absolute atomic E-state index is 13.2. The van der Waals surface area contributed by atoms with E-state index in [-0.39, 0.29) is 23.6 Å². The van der Waals surface area contributed by atoms with Crippen LogP contribution < -0.4 is 15.1 Å². The van der Waals surface area contributed by atoms with Gasteiger partial charge in [-0.05, 0) is 48.3 Å². The molecule has 1 aromatic heterocycles. The summed E-state index contributed by atoms with van der Waals surface area (Å²) >= 11 is 7.51. The first-order valence-corrected chi connectivity index (χ1v) is 13.9. The number of nitrogens with one attached hydrogen (secondary N) is 1. The molecule has 0 radical (unpaired) electrons. The molecule has 3 saturated heterocycles. The summed E-state index contributed by atoms with van der Waals surface area (Å²) in [6.07, 6.45) is -3.54. The van der Waals surface area contributed by atoms with Crippen molar-refractivity contribution in [2.24, 2.45) is 0 Å². The fourth-order valence-electron chi connectivity index (χ4n) is 5.28. The topological polar surface area (TPSA) is 58.1 Å². The molecule has 1 aromatic carbocycles. The second-order valence-electron chi connectivity index (χ2n) is 9.90. The smallest absolute Gasteiger partial charge is 0.395 e. The Labute approximate surface area is 230 Å². The SMILES string of the molecule is C=C1CC(N2CCNC(CO)C2)CN1c1ccc(SN2CCN(c3cc(C(F)(F)F)cc(Cl)n3)CC2)cc1. The fraction of sp³-hybridized carbons (Fsp3) is 0.500. The number of piperazine rings is 2. The minimum Gasteiger partial charge on any atom is -0.395 e. The number of pyridine rings is 1. The van der Waals surface area contributed by atoms with Crippen LogP contribution in [0.5, 0.6) is 0 Å². The van der Waals surface area contributed by atoms with Crippen LogP contribution in [0.3, 0.4) is 0 Å². The Kier molecular flexibility index (Phi) is 8.42. The van der Waals surface area contributed by atoms with Crippen molar-refractivity contribution in [3.05, 3.63) is 59.4 Å². The molecule has 7 nitrogen and oxygen atoms in total. The van der Waals surface area contributed by atoms with Gasteiger partial charge in [0.15, 0.2) is 0 Å². The van der Waals surface area contributed by atoms with E-state index in [2.05, 4.69) is 55.3 Å². The molecule has 38 heavy (non-hydrogen) atoms. The standard InChI is InChI=1S/C26H32ClF3N6OS/c1-18-12-22(34-7-6-31-20(15-34)17-37)16-36(18)21-2-4-23(5-3-21)38-35-10-8-33(9-11-35)25-14-19(26(28,29)30)13-24(27)32-25/h2-5,13-14,20,22,31,37H,1,6-12,15-17H2. The van der Waals surface area contributed by atoms with Crippen molar-refractivity contribution in [3.63, 3.8) is 0 Å². The van der Waals surface area contributed by atoms with Gasteiger partial charge in [-0.3, -0.25) is 4.90 Å². The van der Waals surface area contributed by atoms with Crippen LogP contribution in [0, 0.1) is 0 Å². The highest BCUT2D eigenvalue weighted by Crippen LogP contribution is 2.35. The third-order valence-electron chi connectivity index (χ3n) is 7.32. The van der Waals surface area contributed by atoms with Crippen molar-refractivity contribution < 1.29 is 18.3 Å². The number of alkyl halides is 3. The molecule has 3 aliphatic heterocycles. The van der Waals surface area contributed by atoms with Gasteiger partial charge < -0.3 is 20.2 Å². The maximum atomic E-state index is 13.2. The molecule has 3 fully saturated rings. The summed E-state index contributed by atoms with van der Waals surface area (Å²) in [4.78, 5) is 11.8. The molecule has 5 rings (SSSR count). The number of nitrogens with zero attached hydrogens (tertiary/aromatic N) is 5. The second kappa shape index (κ2) is 11.6. The second-order valence-corrected chi connectivity index (χ2v) is 11.5. The predicted octanol–water partition coefficient (Wildman–Crippen LogP) is 3.94. The summed E-state index contributed by atoms with van der Waals surface area (Å²) in [5.41, 5.74) is 1.45. The molecule has 0 amide bonds. The minimum atomic E-state index is -4.46. The van der Waals surface area contributed by atoms with Gasteiger partial charge in [0.05, 0.1) is 12.2 Å². The van der Waals surface area contributed by atoms with Crippen molar-refractivity contribution in [1.29, 1.82) is 0 Å². The molecule has 2 atom stereocenters. The van der Waals surface area contributed by atoms with E-state index in [1.165, 1.54) is 0 Å². The third kappa shape index (κ3) is 6.40. The lowest BCUT2D eigenvalue weighted by atomic mass is 10.1. The van der Waals surface area contributed by atoms with Crippen LogP contribution in [0.1, 0.15) is 12.0 Å². The zero-order chi connectivity index (χ0) is 26.9. The van der Waals surface area contributed by atoms with Gasteiger partial charge in [0, 0.05) is 87.1 Å². The van der Waals surface area contributed by atoms with E-state index in [4.69, 9.17) is 11.6 Å². The van der Waals surface area contributed by atoms with E-state index in [1.807, 2.05) is 4.90 Å². The van der Waals surface area contributed by atoms with Crippen LogP contribution in [0.2, 0.25) is 5.15 Å². The van der Waals surface area contributed by atoms with Crippen LogP contribution in [0.15, 0.2) is 53.6 Å². The number of halogens is 4. The van der Waals surface area contributed by atoms with Crippen LogP contribution in [-0.4, -0.2) is 90.3 Å². The lowest BCUT2D eigenvalue weighted by Gasteiger charge is -2.36. The zero-order valence-electron chi connectivity index (χ0n) is 21.0. The molecule has 206 valence electrons. The monoisotopic (exact) mass is 568 g/mol. The van der Waals surface area contributed by atoms with E-state index in [9.17, 15) is 18.3 Å². The van der Waals surface area contributed by atoms with E-state index in [1.54, 1.807) is 11.9 Å². The number of aromatic nitrogens is 1. The van der Waals surface area contributed by atoms with Crippen molar-refractivity contribution >= 4 is 35.1 Å². The van der Waals surface area contributed by atoms with Gasteiger partial charge in [-0.15, -0.1) is 0 Å². The summed E-state index contributed by atoms with van der Waals surface area (Å²) in [6, 6.07) is 10.9. The Hall–Kier alpha value is -2.02. The molecule has 0 spiro atoms. The number of anilines is 2. The van der Waals surface area contributed by atoms with E-state index >= 15 is 0 Å². The number of aliphatic hydroxyl groups is 1. The molecule has 4 heterocycles. The van der Waals surface area contributed by atoms with E-state index < -0.39 is 11.7 Å². The Balaban J connectivity index is 1.14. The first-order valence-electron chi connectivity index (χ1n) is 12.8. The molecule has 2 aromatic rings. The zero-order valence-corrected chi connectivity index (χ0v) is 22.6. The van der Waals surface area contributed by atoms with Crippen LogP contribution >= 0.6 is 23.5 Å². The summed E-state index contributed by atoms with van der Waals surface area (Å²) in [5, 5.41) is 12.7. The molecule has 2 unspecified atom stereocenters. The lowest BCUT2D eigenvalue weighted by Crippen LogP contribution is -2.55. The van der Waals surface area contributed by atoms with Gasteiger partial charge in [-0.2, -0.15) is 13.2 Å². The molecule has 2 N–H and O–H groups in total. The summed E-state index contributed by atoms with van der Waals surface area (Å²) in [7, 11) is 0. The van der Waals surface area contributed by atoms with E-state index in [0.29, 0.717) is 32.2 Å². The normalized spacial score (nSPS) is 23.9. The highest BCUT2D eigenvalue weighted by Gasteiger charge is 2.34. The van der Waals surface area contributed by atoms with Crippen molar-refractivity contribution in [1.82, 2.24) is 19.5 Å². The van der Waals surface area contributed by atoms with Crippen molar-refractivity contribution in [2.75, 3.05) is 68.8 Å².